The molecule has 2 aromatic rings. The molecule has 122 valence electrons. The van der Waals surface area contributed by atoms with Gasteiger partial charge < -0.3 is 14.6 Å². The average Bonchev–Trinajstić information content (AvgIpc) is 2.84. The first-order chi connectivity index (χ1) is 11.6. The van der Waals surface area contributed by atoms with Gasteiger partial charge in [-0.1, -0.05) is 30.3 Å². The molecule has 0 bridgehead atoms. The number of methoxy groups -OCH3 is 2. The summed E-state index contributed by atoms with van der Waals surface area (Å²) in [6.07, 6.45) is 0. The van der Waals surface area contributed by atoms with Crippen LogP contribution in [0.2, 0.25) is 0 Å². The smallest absolute Gasteiger partial charge is 0.301 e. The maximum absolute atomic E-state index is 12.7. The highest BCUT2D eigenvalue weighted by molar-refractivity contribution is 6.44. The molecule has 0 aromatic heterocycles. The molecule has 1 aliphatic heterocycles. The number of rotatable bonds is 4. The number of ether oxygens (including phenoxy) is 2. The van der Waals surface area contributed by atoms with Crippen LogP contribution in [-0.4, -0.2) is 31.1 Å². The molecule has 24 heavy (non-hydrogen) atoms. The lowest BCUT2D eigenvalue weighted by Crippen LogP contribution is -2.31. The van der Waals surface area contributed by atoms with Crippen molar-refractivity contribution < 1.29 is 24.2 Å². The Morgan fingerprint density at radius 2 is 1.54 bits per heavy atom. The van der Waals surface area contributed by atoms with Crippen molar-refractivity contribution in [3.05, 3.63) is 59.9 Å². The van der Waals surface area contributed by atoms with Gasteiger partial charge in [-0.25, -0.2) is 4.90 Å². The van der Waals surface area contributed by atoms with Crippen LogP contribution in [0.3, 0.4) is 0 Å². The lowest BCUT2D eigenvalue weighted by atomic mass is 10.1. The molecule has 3 rings (SSSR count). The number of aliphatic hydroxyl groups excluding tert-OH is 1. The molecule has 0 saturated carbocycles. The van der Waals surface area contributed by atoms with Gasteiger partial charge in [0, 0.05) is 6.07 Å². The van der Waals surface area contributed by atoms with Crippen molar-refractivity contribution in [2.45, 2.75) is 0 Å². The summed E-state index contributed by atoms with van der Waals surface area (Å²) in [6, 6.07) is 13.2. The minimum absolute atomic E-state index is 0.0182. The highest BCUT2D eigenvalue weighted by Gasteiger charge is 2.40. The molecule has 0 saturated heterocycles. The lowest BCUT2D eigenvalue weighted by Gasteiger charge is -2.16. The van der Waals surface area contributed by atoms with Crippen LogP contribution in [0.15, 0.2) is 54.3 Å². The Labute approximate surface area is 138 Å². The molecular weight excluding hydrogens is 310 g/mol. The maximum Gasteiger partial charge on any atom is 0.301 e. The van der Waals surface area contributed by atoms with Gasteiger partial charge in [-0.15, -0.1) is 0 Å². The van der Waals surface area contributed by atoms with Crippen molar-refractivity contribution in [1.82, 2.24) is 0 Å². The van der Waals surface area contributed by atoms with Crippen molar-refractivity contribution in [3.63, 3.8) is 0 Å². The SMILES string of the molecule is COc1ccc(N2C(=O)C(O)=C(c3ccccc3)C2=O)cc1OC. The average molecular weight is 325 g/mol. The molecule has 0 unspecified atom stereocenters. The Balaban J connectivity index is 2.04. The Morgan fingerprint density at radius 1 is 0.875 bits per heavy atom. The standard InChI is InChI=1S/C18H15NO5/c1-23-13-9-8-12(10-14(13)24-2)19-17(21)15(16(20)18(19)22)11-6-4-3-5-7-11/h3-10,20H,1-2H3. The summed E-state index contributed by atoms with van der Waals surface area (Å²) in [4.78, 5) is 26.0. The van der Waals surface area contributed by atoms with Crippen LogP contribution in [-0.2, 0) is 9.59 Å². The van der Waals surface area contributed by atoms with Crippen LogP contribution < -0.4 is 14.4 Å². The third-order valence-corrected chi connectivity index (χ3v) is 3.75. The number of hydrogen-bond donors (Lipinski definition) is 1. The van der Waals surface area contributed by atoms with Crippen molar-refractivity contribution in [1.29, 1.82) is 0 Å². The molecule has 0 spiro atoms. The number of nitrogens with zero attached hydrogens (tertiary/aromatic N) is 1. The zero-order chi connectivity index (χ0) is 17.3. The number of hydrogen-bond acceptors (Lipinski definition) is 5. The van der Waals surface area contributed by atoms with Crippen LogP contribution in [0, 0.1) is 0 Å². The van der Waals surface area contributed by atoms with Gasteiger partial charge in [0.2, 0.25) is 0 Å². The maximum atomic E-state index is 12.7. The highest BCUT2D eigenvalue weighted by atomic mass is 16.5. The summed E-state index contributed by atoms with van der Waals surface area (Å²) in [5.41, 5.74) is 0.756. The summed E-state index contributed by atoms with van der Waals surface area (Å²) in [5.74, 6) is -1.08. The first kappa shape index (κ1) is 15.6. The van der Waals surface area contributed by atoms with E-state index in [4.69, 9.17) is 9.47 Å². The molecule has 1 aliphatic rings. The largest absolute Gasteiger partial charge is 0.502 e. The quantitative estimate of drug-likeness (QED) is 0.874. The van der Waals surface area contributed by atoms with Gasteiger partial charge in [-0.3, -0.25) is 9.59 Å². The minimum atomic E-state index is -0.772. The van der Waals surface area contributed by atoms with E-state index in [0.29, 0.717) is 22.7 Å². The van der Waals surface area contributed by atoms with E-state index in [2.05, 4.69) is 0 Å². The summed E-state index contributed by atoms with van der Waals surface area (Å²) in [6.45, 7) is 0. The summed E-state index contributed by atoms with van der Waals surface area (Å²) >= 11 is 0. The lowest BCUT2D eigenvalue weighted by molar-refractivity contribution is -0.121. The van der Waals surface area contributed by atoms with E-state index >= 15 is 0 Å². The molecule has 2 amide bonds. The number of imide groups is 1. The zero-order valence-electron chi connectivity index (χ0n) is 13.1. The Morgan fingerprint density at radius 3 is 2.17 bits per heavy atom. The minimum Gasteiger partial charge on any atom is -0.502 e. The molecule has 0 atom stereocenters. The van der Waals surface area contributed by atoms with Gasteiger partial charge in [-0.2, -0.15) is 0 Å². The van der Waals surface area contributed by atoms with Crippen molar-refractivity contribution >= 4 is 23.1 Å². The first-order valence-electron chi connectivity index (χ1n) is 7.18. The summed E-state index contributed by atoms with van der Waals surface area (Å²) < 4.78 is 10.3. The molecule has 6 heteroatoms. The molecule has 1 heterocycles. The number of aliphatic hydroxyl groups is 1. The van der Waals surface area contributed by atoms with Gasteiger partial charge in [0.1, 0.15) is 0 Å². The van der Waals surface area contributed by atoms with E-state index in [9.17, 15) is 14.7 Å². The number of benzene rings is 2. The Kier molecular flexibility index (Phi) is 3.95. The van der Waals surface area contributed by atoms with Crippen LogP contribution in [0.25, 0.3) is 5.57 Å². The molecule has 0 fully saturated rings. The van der Waals surface area contributed by atoms with Crippen molar-refractivity contribution in [2.24, 2.45) is 0 Å². The second kappa shape index (κ2) is 6.08. The second-order valence-corrected chi connectivity index (χ2v) is 5.07. The molecule has 6 nitrogen and oxygen atoms in total. The van der Waals surface area contributed by atoms with Gasteiger partial charge in [0.05, 0.1) is 25.5 Å². The predicted molar refractivity (Wildman–Crippen MR) is 88.0 cm³/mol. The summed E-state index contributed by atoms with van der Waals surface area (Å²) in [7, 11) is 2.95. The zero-order valence-corrected chi connectivity index (χ0v) is 13.1. The van der Waals surface area contributed by atoms with Crippen LogP contribution in [0.4, 0.5) is 5.69 Å². The number of anilines is 1. The second-order valence-electron chi connectivity index (χ2n) is 5.07. The van der Waals surface area contributed by atoms with Crippen molar-refractivity contribution in [3.8, 4) is 11.5 Å². The van der Waals surface area contributed by atoms with E-state index in [0.717, 1.165) is 4.90 Å². The van der Waals surface area contributed by atoms with Gasteiger partial charge in [0.15, 0.2) is 17.3 Å². The molecule has 0 aliphatic carbocycles. The van der Waals surface area contributed by atoms with E-state index < -0.39 is 17.6 Å². The van der Waals surface area contributed by atoms with Gasteiger partial charge in [0.25, 0.3) is 5.91 Å². The van der Waals surface area contributed by atoms with Gasteiger partial charge in [-0.05, 0) is 17.7 Å². The number of carbonyl (C=O) groups excluding carboxylic acids is 2. The molecule has 2 aromatic carbocycles. The normalized spacial score (nSPS) is 14.3. The third kappa shape index (κ3) is 2.38. The topological polar surface area (TPSA) is 76.1 Å². The molecule has 1 N–H and O–H groups in total. The summed E-state index contributed by atoms with van der Waals surface area (Å²) in [5, 5.41) is 10.2. The van der Waals surface area contributed by atoms with Crippen LogP contribution in [0.1, 0.15) is 5.56 Å². The fourth-order valence-electron chi connectivity index (χ4n) is 2.58. The monoisotopic (exact) mass is 325 g/mol. The fourth-order valence-corrected chi connectivity index (χ4v) is 2.58. The first-order valence-corrected chi connectivity index (χ1v) is 7.18. The predicted octanol–water partition coefficient (Wildman–Crippen LogP) is 2.55. The molecular formula is C18H15NO5. The van der Waals surface area contributed by atoms with Crippen LogP contribution in [0.5, 0.6) is 11.5 Å². The van der Waals surface area contributed by atoms with E-state index in [1.54, 1.807) is 42.5 Å². The highest BCUT2D eigenvalue weighted by Crippen LogP contribution is 2.36. The molecule has 0 radical (unpaired) electrons. The van der Waals surface area contributed by atoms with Gasteiger partial charge >= 0.3 is 5.91 Å². The van der Waals surface area contributed by atoms with E-state index in [-0.39, 0.29) is 5.57 Å². The van der Waals surface area contributed by atoms with E-state index in [1.165, 1.54) is 20.3 Å². The van der Waals surface area contributed by atoms with E-state index in [1.807, 2.05) is 0 Å². The number of amides is 2. The van der Waals surface area contributed by atoms with Crippen molar-refractivity contribution in [2.75, 3.05) is 19.1 Å². The number of carbonyl (C=O) groups is 2. The Hall–Kier alpha value is -3.28. The third-order valence-electron chi connectivity index (χ3n) is 3.75. The van der Waals surface area contributed by atoms with Crippen LogP contribution >= 0.6 is 0 Å². The Bertz CT molecular complexity index is 842. The fraction of sp³-hybridized carbons (Fsp3) is 0.111.